The van der Waals surface area contributed by atoms with Crippen LogP contribution in [-0.4, -0.2) is 48.1 Å². The van der Waals surface area contributed by atoms with Crippen LogP contribution in [0.1, 0.15) is 69.3 Å². The smallest absolute Gasteiger partial charge is 0.129 e. The zero-order valence-electron chi connectivity index (χ0n) is 15.8. The van der Waals surface area contributed by atoms with Crippen LogP contribution in [0.3, 0.4) is 0 Å². The molecule has 26 heavy (non-hydrogen) atoms. The number of halogens is 2. The highest BCUT2D eigenvalue weighted by molar-refractivity contribution is 5.24. The molecule has 0 aromatic heterocycles. The molecule has 0 N–H and O–H groups in total. The van der Waals surface area contributed by atoms with E-state index >= 15 is 0 Å². The van der Waals surface area contributed by atoms with E-state index in [1.54, 1.807) is 0 Å². The highest BCUT2D eigenvalue weighted by Gasteiger charge is 2.32. The molecule has 2 nitrogen and oxygen atoms in total. The van der Waals surface area contributed by atoms with Crippen molar-refractivity contribution < 1.29 is 8.78 Å². The van der Waals surface area contributed by atoms with Crippen molar-refractivity contribution in [3.63, 3.8) is 0 Å². The normalized spacial score (nSPS) is 29.8. The van der Waals surface area contributed by atoms with Gasteiger partial charge in [-0.25, -0.2) is 8.78 Å². The third-order valence-corrected chi connectivity index (χ3v) is 7.06. The first-order valence-corrected chi connectivity index (χ1v) is 10.6. The maximum atomic E-state index is 14.1. The van der Waals surface area contributed by atoms with Crippen LogP contribution in [0.5, 0.6) is 0 Å². The first-order chi connectivity index (χ1) is 12.7. The molecule has 1 aromatic rings. The van der Waals surface area contributed by atoms with Crippen molar-refractivity contribution in [3.05, 3.63) is 35.4 Å². The average molecular weight is 363 g/mol. The number of hydrogen-bond donors (Lipinski definition) is 0. The van der Waals surface area contributed by atoms with E-state index in [9.17, 15) is 8.78 Å². The van der Waals surface area contributed by atoms with Crippen molar-refractivity contribution in [3.8, 4) is 0 Å². The minimum atomic E-state index is -0.366. The van der Waals surface area contributed by atoms with Crippen molar-refractivity contribution >= 4 is 0 Å². The van der Waals surface area contributed by atoms with Crippen LogP contribution in [-0.2, 0) is 0 Å². The molecule has 3 fully saturated rings. The molecule has 1 heterocycles. The summed E-state index contributed by atoms with van der Waals surface area (Å²) in [6.07, 6.45) is 11.0. The number of benzene rings is 1. The van der Waals surface area contributed by atoms with Gasteiger partial charge in [0, 0.05) is 43.8 Å². The molecule has 0 unspecified atom stereocenters. The molecule has 4 heteroatoms. The summed E-state index contributed by atoms with van der Waals surface area (Å²) in [7, 11) is 0. The number of rotatable bonds is 3. The molecule has 0 atom stereocenters. The Morgan fingerprint density at radius 3 is 1.69 bits per heavy atom. The standard InChI is InChI=1S/C22H32F2N2/c23-20-7-4-8-21(24)22(20)17-9-11-19(12-10-17)26-15-13-25(14-16-26)18-5-2-1-3-6-18/h4,7-8,17-19H,1-3,5-6,9-16H2. The van der Waals surface area contributed by atoms with E-state index in [1.807, 2.05) is 0 Å². The van der Waals surface area contributed by atoms with E-state index in [4.69, 9.17) is 0 Å². The third kappa shape index (κ3) is 3.96. The molecule has 4 rings (SSSR count). The van der Waals surface area contributed by atoms with Crippen molar-refractivity contribution in [2.75, 3.05) is 26.2 Å². The van der Waals surface area contributed by atoms with Gasteiger partial charge in [0.2, 0.25) is 0 Å². The van der Waals surface area contributed by atoms with Crippen molar-refractivity contribution in [1.82, 2.24) is 9.80 Å². The fourth-order valence-corrected chi connectivity index (χ4v) is 5.54. The molecule has 1 aliphatic heterocycles. The Kier molecular flexibility index (Phi) is 5.90. The van der Waals surface area contributed by atoms with Gasteiger partial charge in [0.25, 0.3) is 0 Å². The van der Waals surface area contributed by atoms with E-state index in [-0.39, 0.29) is 17.6 Å². The van der Waals surface area contributed by atoms with Crippen molar-refractivity contribution in [1.29, 1.82) is 0 Å². The molecule has 0 bridgehead atoms. The van der Waals surface area contributed by atoms with Gasteiger partial charge < -0.3 is 0 Å². The van der Waals surface area contributed by atoms with E-state index in [2.05, 4.69) is 9.80 Å². The second-order valence-electron chi connectivity index (χ2n) is 8.50. The summed E-state index contributed by atoms with van der Waals surface area (Å²) < 4.78 is 28.1. The van der Waals surface area contributed by atoms with Gasteiger partial charge in [-0.3, -0.25) is 9.80 Å². The Balaban J connectivity index is 1.28. The fourth-order valence-electron chi connectivity index (χ4n) is 5.54. The van der Waals surface area contributed by atoms with Gasteiger partial charge in [-0.1, -0.05) is 25.3 Å². The zero-order chi connectivity index (χ0) is 17.9. The maximum absolute atomic E-state index is 14.1. The molecule has 1 aromatic carbocycles. The van der Waals surface area contributed by atoms with E-state index in [0.717, 1.165) is 31.7 Å². The van der Waals surface area contributed by atoms with Crippen LogP contribution < -0.4 is 0 Å². The van der Waals surface area contributed by atoms with Gasteiger partial charge >= 0.3 is 0 Å². The summed E-state index contributed by atoms with van der Waals surface area (Å²) in [4.78, 5) is 5.36. The molecule has 0 radical (unpaired) electrons. The van der Waals surface area contributed by atoms with Gasteiger partial charge in [0.1, 0.15) is 11.6 Å². The van der Waals surface area contributed by atoms with Gasteiger partial charge in [0.05, 0.1) is 0 Å². The van der Waals surface area contributed by atoms with E-state index in [1.165, 1.54) is 76.5 Å². The molecule has 3 aliphatic rings. The van der Waals surface area contributed by atoms with Crippen LogP contribution in [0.4, 0.5) is 8.78 Å². The van der Waals surface area contributed by atoms with E-state index in [0.29, 0.717) is 11.6 Å². The van der Waals surface area contributed by atoms with E-state index < -0.39 is 0 Å². The molecule has 0 amide bonds. The predicted molar refractivity (Wildman–Crippen MR) is 101 cm³/mol. The van der Waals surface area contributed by atoms with Crippen LogP contribution in [0, 0.1) is 11.6 Å². The van der Waals surface area contributed by atoms with Crippen LogP contribution >= 0.6 is 0 Å². The van der Waals surface area contributed by atoms with Crippen LogP contribution in [0.25, 0.3) is 0 Å². The summed E-state index contributed by atoms with van der Waals surface area (Å²) >= 11 is 0. The van der Waals surface area contributed by atoms with Gasteiger partial charge in [-0.05, 0) is 56.6 Å². The topological polar surface area (TPSA) is 6.48 Å². The Bertz CT molecular complexity index is 564. The average Bonchev–Trinajstić information content (AvgIpc) is 2.69. The lowest BCUT2D eigenvalue weighted by Crippen LogP contribution is -2.53. The monoisotopic (exact) mass is 362 g/mol. The molecule has 2 aliphatic carbocycles. The molecular weight excluding hydrogens is 330 g/mol. The largest absolute Gasteiger partial charge is 0.298 e. The molecule has 0 spiro atoms. The Morgan fingerprint density at radius 1 is 0.654 bits per heavy atom. The highest BCUT2D eigenvalue weighted by Crippen LogP contribution is 2.37. The lowest BCUT2D eigenvalue weighted by atomic mass is 9.80. The minimum Gasteiger partial charge on any atom is -0.298 e. The number of piperazine rings is 1. The Morgan fingerprint density at radius 2 is 1.15 bits per heavy atom. The van der Waals surface area contributed by atoms with Crippen LogP contribution in [0.2, 0.25) is 0 Å². The SMILES string of the molecule is Fc1cccc(F)c1C1CCC(N2CCN(C3CCCCC3)CC2)CC1. The number of nitrogens with zero attached hydrogens (tertiary/aromatic N) is 2. The second-order valence-corrected chi connectivity index (χ2v) is 8.50. The highest BCUT2D eigenvalue weighted by atomic mass is 19.1. The van der Waals surface area contributed by atoms with Gasteiger partial charge in [0.15, 0.2) is 0 Å². The summed E-state index contributed by atoms with van der Waals surface area (Å²) in [5.74, 6) is -0.680. The fraction of sp³-hybridized carbons (Fsp3) is 0.727. The summed E-state index contributed by atoms with van der Waals surface area (Å²) in [5, 5.41) is 0. The molecule has 144 valence electrons. The van der Waals surface area contributed by atoms with Gasteiger partial charge in [-0.15, -0.1) is 0 Å². The lowest BCUT2D eigenvalue weighted by Gasteiger charge is -2.45. The maximum Gasteiger partial charge on any atom is 0.129 e. The molecular formula is C22H32F2N2. The first-order valence-electron chi connectivity index (χ1n) is 10.6. The van der Waals surface area contributed by atoms with Gasteiger partial charge in [-0.2, -0.15) is 0 Å². The van der Waals surface area contributed by atoms with Crippen molar-refractivity contribution in [2.45, 2.75) is 75.8 Å². The Hall–Kier alpha value is -1.00. The summed E-state index contributed by atoms with van der Waals surface area (Å²) in [6.45, 7) is 4.73. The molecule has 1 saturated heterocycles. The lowest BCUT2D eigenvalue weighted by molar-refractivity contribution is 0.0443. The zero-order valence-corrected chi connectivity index (χ0v) is 15.8. The Labute approximate surface area is 156 Å². The quantitative estimate of drug-likeness (QED) is 0.751. The third-order valence-electron chi connectivity index (χ3n) is 7.06. The molecule has 2 saturated carbocycles. The number of hydrogen-bond acceptors (Lipinski definition) is 2. The minimum absolute atomic E-state index is 0.0518. The van der Waals surface area contributed by atoms with Crippen LogP contribution in [0.15, 0.2) is 18.2 Å². The summed E-state index contributed by atoms with van der Waals surface area (Å²) in [5.41, 5.74) is 0.327. The second kappa shape index (κ2) is 8.35. The first kappa shape index (κ1) is 18.4. The summed E-state index contributed by atoms with van der Waals surface area (Å²) in [6, 6.07) is 5.69. The predicted octanol–water partition coefficient (Wildman–Crippen LogP) is 4.94. The van der Waals surface area contributed by atoms with Crippen molar-refractivity contribution in [2.24, 2.45) is 0 Å².